The predicted octanol–water partition coefficient (Wildman–Crippen LogP) is 1.45. The van der Waals surface area contributed by atoms with Gasteiger partial charge < -0.3 is 20.1 Å². The molecule has 0 saturated carbocycles. The van der Waals surface area contributed by atoms with Crippen molar-refractivity contribution in [3.8, 4) is 22.6 Å². The first-order valence-corrected chi connectivity index (χ1v) is 4.74. The minimum Gasteiger partial charge on any atom is -0.504 e. The Hall–Kier alpha value is -2.50. The maximum absolute atomic E-state index is 10.9. The largest absolute Gasteiger partial charge is 0.504 e. The van der Waals surface area contributed by atoms with Gasteiger partial charge in [-0.2, -0.15) is 0 Å². The fourth-order valence-corrected chi connectivity index (χ4v) is 1.53. The Bertz CT molecular complexity index is 563. The molecule has 0 fully saturated rings. The van der Waals surface area contributed by atoms with Gasteiger partial charge in [0.05, 0.1) is 18.9 Å². The van der Waals surface area contributed by atoms with E-state index in [2.05, 4.69) is 5.16 Å². The number of ether oxygens (including phenoxy) is 1. The molecule has 6 nitrogen and oxygen atoms in total. The third-order valence-electron chi connectivity index (χ3n) is 2.37. The molecule has 0 bridgehead atoms. The first-order valence-electron chi connectivity index (χ1n) is 4.74. The van der Waals surface area contributed by atoms with E-state index < -0.39 is 0 Å². The van der Waals surface area contributed by atoms with Crippen molar-refractivity contribution in [2.24, 2.45) is 0 Å². The van der Waals surface area contributed by atoms with Crippen LogP contribution in [0.5, 0.6) is 11.5 Å². The van der Waals surface area contributed by atoms with Gasteiger partial charge in [0.15, 0.2) is 17.8 Å². The lowest BCUT2D eigenvalue weighted by atomic mass is 10.0. The van der Waals surface area contributed by atoms with Crippen molar-refractivity contribution in [1.29, 1.82) is 0 Å². The van der Waals surface area contributed by atoms with E-state index in [1.165, 1.54) is 25.4 Å². The van der Waals surface area contributed by atoms with E-state index in [1.807, 2.05) is 0 Å². The van der Waals surface area contributed by atoms with Crippen LogP contribution in [-0.4, -0.2) is 23.7 Å². The summed E-state index contributed by atoms with van der Waals surface area (Å²) in [6, 6.07) is 2.80. The number of methoxy groups -OCH3 is 1. The Morgan fingerprint density at radius 1 is 1.47 bits per heavy atom. The van der Waals surface area contributed by atoms with Gasteiger partial charge in [-0.25, -0.2) is 0 Å². The van der Waals surface area contributed by atoms with Crippen LogP contribution in [0.2, 0.25) is 0 Å². The third-order valence-corrected chi connectivity index (χ3v) is 2.37. The second kappa shape index (κ2) is 4.17. The minimum atomic E-state index is -0.117. The maximum atomic E-state index is 10.9. The van der Waals surface area contributed by atoms with Crippen LogP contribution in [0.3, 0.4) is 0 Å². The molecule has 3 N–H and O–H groups in total. The molecule has 6 heteroatoms. The zero-order valence-corrected chi connectivity index (χ0v) is 9.01. The van der Waals surface area contributed by atoms with Crippen molar-refractivity contribution < 1.29 is 19.2 Å². The van der Waals surface area contributed by atoms with Crippen LogP contribution in [-0.2, 0) is 0 Å². The van der Waals surface area contributed by atoms with E-state index in [4.69, 9.17) is 15.0 Å². The average Bonchev–Trinajstić information content (AvgIpc) is 2.75. The zero-order chi connectivity index (χ0) is 12.4. The Balaban J connectivity index is 2.67. The smallest absolute Gasteiger partial charge is 0.229 e. The minimum absolute atomic E-state index is 0.0980. The molecule has 0 spiro atoms. The van der Waals surface area contributed by atoms with Gasteiger partial charge in [0, 0.05) is 11.1 Å². The van der Waals surface area contributed by atoms with Gasteiger partial charge in [0.25, 0.3) is 0 Å². The Morgan fingerprint density at radius 2 is 2.24 bits per heavy atom. The van der Waals surface area contributed by atoms with Crippen LogP contribution >= 0.6 is 0 Å². The second-order valence-electron chi connectivity index (χ2n) is 3.33. The summed E-state index contributed by atoms with van der Waals surface area (Å²) in [7, 11) is 1.41. The molecule has 0 amide bonds. The monoisotopic (exact) mass is 234 g/mol. The number of phenolic OH excluding ortho intramolecular Hbond substituents is 1. The highest BCUT2D eigenvalue weighted by molar-refractivity contribution is 5.91. The number of nitrogens with two attached hydrogens (primary N) is 1. The van der Waals surface area contributed by atoms with E-state index in [-0.39, 0.29) is 22.9 Å². The number of aromatic hydroxyl groups is 1. The molecule has 2 rings (SSSR count). The number of nitrogens with zero attached hydrogens (tertiary/aromatic N) is 1. The normalized spacial score (nSPS) is 10.2. The highest BCUT2D eigenvalue weighted by Gasteiger charge is 2.15. The van der Waals surface area contributed by atoms with Gasteiger partial charge in [0.1, 0.15) is 0 Å². The number of nitrogen functional groups attached to an aromatic ring is 1. The molecule has 17 heavy (non-hydrogen) atoms. The molecular formula is C11H10N2O4. The second-order valence-corrected chi connectivity index (χ2v) is 3.33. The first kappa shape index (κ1) is 11.0. The summed E-state index contributed by atoms with van der Waals surface area (Å²) < 4.78 is 9.70. The lowest BCUT2D eigenvalue weighted by Gasteiger charge is -2.08. The molecule has 1 aromatic heterocycles. The van der Waals surface area contributed by atoms with Crippen LogP contribution in [0.4, 0.5) is 5.88 Å². The van der Waals surface area contributed by atoms with Gasteiger partial charge in [0.2, 0.25) is 5.88 Å². The lowest BCUT2D eigenvalue weighted by Crippen LogP contribution is -1.93. The molecule has 0 aliphatic rings. The zero-order valence-electron chi connectivity index (χ0n) is 9.01. The fourth-order valence-electron chi connectivity index (χ4n) is 1.53. The standard InChI is InChI=1S/C11H10N2O4/c1-16-10-3-7(6(5-14)2-9(10)15)8-4-13-17-11(8)12/h2-5,15H,12H2,1H3. The average molecular weight is 234 g/mol. The van der Waals surface area contributed by atoms with Crippen molar-refractivity contribution >= 4 is 12.2 Å². The van der Waals surface area contributed by atoms with Crippen LogP contribution in [0.15, 0.2) is 22.9 Å². The van der Waals surface area contributed by atoms with Gasteiger partial charge >= 0.3 is 0 Å². The van der Waals surface area contributed by atoms with Crippen LogP contribution in [0.1, 0.15) is 10.4 Å². The predicted molar refractivity (Wildman–Crippen MR) is 60.0 cm³/mol. The van der Waals surface area contributed by atoms with Crippen LogP contribution in [0, 0.1) is 0 Å². The molecule has 88 valence electrons. The number of anilines is 1. The summed E-state index contributed by atoms with van der Waals surface area (Å²) in [6.07, 6.45) is 2.01. The third kappa shape index (κ3) is 1.80. The first-order chi connectivity index (χ1) is 8.17. The molecular weight excluding hydrogens is 224 g/mol. The van der Waals surface area contributed by atoms with E-state index >= 15 is 0 Å². The van der Waals surface area contributed by atoms with Crippen molar-refractivity contribution in [2.75, 3.05) is 12.8 Å². The number of aromatic nitrogens is 1. The van der Waals surface area contributed by atoms with Crippen molar-refractivity contribution in [1.82, 2.24) is 5.16 Å². The van der Waals surface area contributed by atoms with Crippen molar-refractivity contribution in [3.05, 3.63) is 23.9 Å². The summed E-state index contributed by atoms with van der Waals surface area (Å²) >= 11 is 0. The molecule has 0 saturated heterocycles. The number of phenols is 1. The van der Waals surface area contributed by atoms with Crippen LogP contribution < -0.4 is 10.5 Å². The van der Waals surface area contributed by atoms with Crippen LogP contribution in [0.25, 0.3) is 11.1 Å². The number of hydrogen-bond donors (Lipinski definition) is 2. The molecule has 1 aromatic carbocycles. The number of rotatable bonds is 3. The molecule has 0 atom stereocenters. The lowest BCUT2D eigenvalue weighted by molar-refractivity contribution is 0.112. The van der Waals surface area contributed by atoms with Gasteiger partial charge in [-0.05, 0) is 12.1 Å². The summed E-state index contributed by atoms with van der Waals surface area (Å²) in [6.45, 7) is 0. The topological polar surface area (TPSA) is 98.6 Å². The highest BCUT2D eigenvalue weighted by atomic mass is 16.5. The summed E-state index contributed by atoms with van der Waals surface area (Å²) in [4.78, 5) is 10.9. The summed E-state index contributed by atoms with van der Waals surface area (Å²) in [5.41, 5.74) is 6.82. The van der Waals surface area contributed by atoms with E-state index in [1.54, 1.807) is 0 Å². The number of aldehydes is 1. The van der Waals surface area contributed by atoms with E-state index in [9.17, 15) is 9.90 Å². The Kier molecular flexibility index (Phi) is 2.70. The molecule has 0 radical (unpaired) electrons. The SMILES string of the molecule is COc1cc(-c2cnoc2N)c(C=O)cc1O. The Morgan fingerprint density at radius 3 is 2.76 bits per heavy atom. The van der Waals surface area contributed by atoms with E-state index in [0.29, 0.717) is 17.4 Å². The Labute approximate surface area is 96.6 Å². The van der Waals surface area contributed by atoms with Crippen molar-refractivity contribution in [3.63, 3.8) is 0 Å². The van der Waals surface area contributed by atoms with Gasteiger partial charge in [-0.1, -0.05) is 5.16 Å². The molecule has 0 unspecified atom stereocenters. The van der Waals surface area contributed by atoms with E-state index in [0.717, 1.165) is 0 Å². The summed E-state index contributed by atoms with van der Waals surface area (Å²) in [5.74, 6) is 0.223. The molecule has 2 aromatic rings. The summed E-state index contributed by atoms with van der Waals surface area (Å²) in [5, 5.41) is 13.1. The van der Waals surface area contributed by atoms with Gasteiger partial charge in [-0.3, -0.25) is 4.79 Å². The maximum Gasteiger partial charge on any atom is 0.229 e. The quantitative estimate of drug-likeness (QED) is 0.780. The fraction of sp³-hybridized carbons (Fsp3) is 0.0909. The number of carbonyl (C=O) groups is 1. The van der Waals surface area contributed by atoms with Crippen molar-refractivity contribution in [2.45, 2.75) is 0 Å². The molecule has 0 aliphatic carbocycles. The molecule has 0 aliphatic heterocycles. The highest BCUT2D eigenvalue weighted by Crippen LogP contribution is 2.36. The number of carbonyl (C=O) groups excluding carboxylic acids is 1. The van der Waals surface area contributed by atoms with Gasteiger partial charge in [-0.15, -0.1) is 0 Å². The number of hydrogen-bond acceptors (Lipinski definition) is 6. The molecule has 1 heterocycles. The number of benzene rings is 1.